The highest BCUT2D eigenvalue weighted by molar-refractivity contribution is 6.06. The van der Waals surface area contributed by atoms with Gasteiger partial charge in [0.15, 0.2) is 5.82 Å². The summed E-state index contributed by atoms with van der Waals surface area (Å²) < 4.78 is 14.0. The Morgan fingerprint density at radius 2 is 2.22 bits per heavy atom. The molecule has 0 saturated carbocycles. The lowest BCUT2D eigenvalue weighted by Gasteiger charge is -1.99. The van der Waals surface area contributed by atoms with Crippen LogP contribution in [0.25, 0.3) is 21.9 Å². The van der Waals surface area contributed by atoms with Crippen molar-refractivity contribution in [2.24, 2.45) is 22.8 Å². The van der Waals surface area contributed by atoms with Crippen molar-refractivity contribution in [3.63, 3.8) is 0 Å². The minimum atomic E-state index is -0.471. The van der Waals surface area contributed by atoms with Gasteiger partial charge in [-0.15, -0.1) is 0 Å². The number of aliphatic imine (C=N–C) groups is 2. The highest BCUT2D eigenvalue weighted by Gasteiger charge is 2.09. The van der Waals surface area contributed by atoms with E-state index in [9.17, 15) is 4.39 Å². The summed E-state index contributed by atoms with van der Waals surface area (Å²) in [5, 5.41) is 2.08. The Hall–Kier alpha value is -2.83. The predicted molar refractivity (Wildman–Crippen MR) is 91.2 cm³/mol. The minimum Gasteiger partial charge on any atom is -0.387 e. The van der Waals surface area contributed by atoms with Crippen LogP contribution in [0.5, 0.6) is 0 Å². The van der Waals surface area contributed by atoms with Crippen LogP contribution in [0.2, 0.25) is 0 Å². The third-order valence-electron chi connectivity index (χ3n) is 3.53. The Morgan fingerprint density at radius 3 is 3.04 bits per heavy atom. The van der Waals surface area contributed by atoms with E-state index < -0.39 is 6.67 Å². The van der Waals surface area contributed by atoms with Gasteiger partial charge in [-0.1, -0.05) is 0 Å². The van der Waals surface area contributed by atoms with Crippen LogP contribution >= 0.6 is 0 Å². The third kappa shape index (κ3) is 3.03. The zero-order valence-electron chi connectivity index (χ0n) is 12.8. The van der Waals surface area contributed by atoms with Gasteiger partial charge in [0.1, 0.15) is 18.2 Å². The van der Waals surface area contributed by atoms with Crippen LogP contribution in [0.4, 0.5) is 10.2 Å². The van der Waals surface area contributed by atoms with E-state index in [1.54, 1.807) is 12.4 Å². The molecule has 0 unspecified atom stereocenters. The van der Waals surface area contributed by atoms with Crippen molar-refractivity contribution in [3.05, 3.63) is 30.6 Å². The van der Waals surface area contributed by atoms with Crippen molar-refractivity contribution in [1.29, 1.82) is 0 Å². The molecule has 0 amide bonds. The number of alkyl halides is 1. The van der Waals surface area contributed by atoms with E-state index in [1.807, 2.05) is 36.0 Å². The second kappa shape index (κ2) is 6.51. The van der Waals surface area contributed by atoms with Crippen LogP contribution in [-0.2, 0) is 7.05 Å². The Morgan fingerprint density at radius 1 is 1.35 bits per heavy atom. The fourth-order valence-corrected chi connectivity index (χ4v) is 2.46. The van der Waals surface area contributed by atoms with Crippen LogP contribution in [0.1, 0.15) is 6.42 Å². The van der Waals surface area contributed by atoms with Gasteiger partial charge in [-0.05, 0) is 18.2 Å². The number of pyridine rings is 2. The van der Waals surface area contributed by atoms with E-state index in [0.717, 1.165) is 21.9 Å². The number of halogens is 1. The SMILES string of the molecule is Cn1c2ccncc2c2ccc(N=C(N)CC=NCCF)nc21. The molecular weight excluding hydrogens is 295 g/mol. The molecule has 0 spiro atoms. The first kappa shape index (κ1) is 15.1. The maximum absolute atomic E-state index is 11.9. The highest BCUT2D eigenvalue weighted by atomic mass is 19.1. The first-order valence-electron chi connectivity index (χ1n) is 7.27. The van der Waals surface area contributed by atoms with Crippen molar-refractivity contribution in [1.82, 2.24) is 14.5 Å². The summed E-state index contributed by atoms with van der Waals surface area (Å²) in [5.74, 6) is 0.924. The number of rotatable bonds is 5. The Bertz CT molecular complexity index is 896. The summed E-state index contributed by atoms with van der Waals surface area (Å²) in [5.41, 5.74) is 7.75. The normalized spacial score (nSPS) is 12.7. The molecule has 0 saturated heterocycles. The largest absolute Gasteiger partial charge is 0.387 e. The number of aryl methyl sites for hydroxylation is 1. The number of hydrogen-bond acceptors (Lipinski definition) is 4. The molecule has 6 nitrogen and oxygen atoms in total. The van der Waals surface area contributed by atoms with E-state index >= 15 is 0 Å². The summed E-state index contributed by atoms with van der Waals surface area (Å²) in [6.45, 7) is -0.316. The molecule has 3 heterocycles. The van der Waals surface area contributed by atoms with Crippen molar-refractivity contribution in [2.45, 2.75) is 6.42 Å². The fourth-order valence-electron chi connectivity index (χ4n) is 2.46. The number of nitrogens with zero attached hydrogens (tertiary/aromatic N) is 5. The summed E-state index contributed by atoms with van der Waals surface area (Å²) >= 11 is 0. The minimum absolute atomic E-state index is 0.154. The van der Waals surface area contributed by atoms with Crippen molar-refractivity contribution in [3.8, 4) is 0 Å². The molecule has 0 radical (unpaired) electrons. The average molecular weight is 312 g/mol. The molecule has 0 aliphatic rings. The molecule has 0 aliphatic carbocycles. The van der Waals surface area contributed by atoms with Crippen LogP contribution in [0, 0.1) is 0 Å². The lowest BCUT2D eigenvalue weighted by Crippen LogP contribution is -2.11. The quantitative estimate of drug-likeness (QED) is 0.580. The summed E-state index contributed by atoms with van der Waals surface area (Å²) in [4.78, 5) is 16.9. The van der Waals surface area contributed by atoms with E-state index in [0.29, 0.717) is 18.1 Å². The molecule has 0 aliphatic heterocycles. The number of nitrogens with two attached hydrogens (primary N) is 1. The van der Waals surface area contributed by atoms with Gasteiger partial charge in [0.25, 0.3) is 0 Å². The summed E-state index contributed by atoms with van der Waals surface area (Å²) in [6.07, 6.45) is 5.53. The molecule has 7 heteroatoms. The van der Waals surface area contributed by atoms with E-state index in [2.05, 4.69) is 20.0 Å². The van der Waals surface area contributed by atoms with E-state index in [1.165, 1.54) is 0 Å². The maximum Gasteiger partial charge on any atom is 0.156 e. The van der Waals surface area contributed by atoms with Gasteiger partial charge in [-0.2, -0.15) is 0 Å². The number of fused-ring (bicyclic) bond motifs is 3. The molecule has 3 aromatic rings. The Kier molecular flexibility index (Phi) is 4.27. The monoisotopic (exact) mass is 312 g/mol. The fraction of sp³-hybridized carbons (Fsp3) is 0.250. The smallest absolute Gasteiger partial charge is 0.156 e. The van der Waals surface area contributed by atoms with E-state index in [-0.39, 0.29) is 6.54 Å². The first-order valence-corrected chi connectivity index (χ1v) is 7.27. The number of aromatic nitrogens is 3. The van der Waals surface area contributed by atoms with Gasteiger partial charge in [0.2, 0.25) is 0 Å². The molecule has 0 bridgehead atoms. The zero-order chi connectivity index (χ0) is 16.2. The second-order valence-corrected chi connectivity index (χ2v) is 5.08. The zero-order valence-corrected chi connectivity index (χ0v) is 12.8. The van der Waals surface area contributed by atoms with Gasteiger partial charge in [-0.3, -0.25) is 9.98 Å². The highest BCUT2D eigenvalue weighted by Crippen LogP contribution is 2.27. The number of hydrogen-bond donors (Lipinski definition) is 1. The second-order valence-electron chi connectivity index (χ2n) is 5.08. The standard InChI is InChI=1S/C16H17FN6/c1-23-13-4-7-20-10-12(13)11-2-3-15(22-16(11)23)21-14(18)5-8-19-9-6-17/h2-4,7-8,10H,5-6,9H2,1H3,(H2,18,21,22). The van der Waals surface area contributed by atoms with Crippen molar-refractivity contribution in [2.75, 3.05) is 13.2 Å². The van der Waals surface area contributed by atoms with Crippen LogP contribution in [-0.4, -0.2) is 39.8 Å². The lowest BCUT2D eigenvalue weighted by molar-refractivity contribution is 0.505. The van der Waals surface area contributed by atoms with Crippen LogP contribution in [0.3, 0.4) is 0 Å². The van der Waals surface area contributed by atoms with Crippen molar-refractivity contribution < 1.29 is 4.39 Å². The molecular formula is C16H17FN6. The third-order valence-corrected chi connectivity index (χ3v) is 3.53. The molecule has 2 N–H and O–H groups in total. The number of amidine groups is 1. The molecule has 118 valence electrons. The van der Waals surface area contributed by atoms with E-state index in [4.69, 9.17) is 5.73 Å². The topological polar surface area (TPSA) is 81.5 Å². The predicted octanol–water partition coefficient (Wildman–Crippen LogP) is 2.54. The molecule has 3 aromatic heterocycles. The van der Waals surface area contributed by atoms with Gasteiger partial charge >= 0.3 is 0 Å². The summed E-state index contributed by atoms with van der Waals surface area (Å²) in [7, 11) is 1.96. The lowest BCUT2D eigenvalue weighted by atomic mass is 10.2. The average Bonchev–Trinajstić information content (AvgIpc) is 2.85. The molecule has 0 fully saturated rings. The van der Waals surface area contributed by atoms with Crippen LogP contribution < -0.4 is 5.73 Å². The first-order chi connectivity index (χ1) is 11.2. The van der Waals surface area contributed by atoms with Gasteiger partial charge in [0.05, 0.1) is 12.1 Å². The van der Waals surface area contributed by atoms with Gasteiger partial charge < -0.3 is 10.3 Å². The molecule has 3 rings (SSSR count). The Balaban J connectivity index is 1.94. The van der Waals surface area contributed by atoms with Gasteiger partial charge in [0, 0.05) is 42.8 Å². The maximum atomic E-state index is 11.9. The molecule has 0 atom stereocenters. The molecule has 23 heavy (non-hydrogen) atoms. The van der Waals surface area contributed by atoms with Crippen LogP contribution in [0.15, 0.2) is 40.6 Å². The summed E-state index contributed by atoms with van der Waals surface area (Å²) in [6, 6.07) is 5.74. The van der Waals surface area contributed by atoms with Crippen molar-refractivity contribution >= 4 is 39.8 Å². The Labute approximate surface area is 132 Å². The van der Waals surface area contributed by atoms with Gasteiger partial charge in [-0.25, -0.2) is 14.4 Å². The molecule has 0 aromatic carbocycles.